The smallest absolute Gasteiger partial charge is 0.322 e. The lowest BCUT2D eigenvalue weighted by Gasteiger charge is -2.31. The van der Waals surface area contributed by atoms with E-state index in [-0.39, 0.29) is 11.9 Å². The Hall–Kier alpha value is -3.02. The first-order chi connectivity index (χ1) is 12.5. The van der Waals surface area contributed by atoms with E-state index in [1.165, 1.54) is 4.90 Å². The van der Waals surface area contributed by atoms with Gasteiger partial charge in [0.15, 0.2) is 0 Å². The maximum atomic E-state index is 13.1. The van der Waals surface area contributed by atoms with Gasteiger partial charge in [-0.15, -0.1) is 0 Å². The largest absolute Gasteiger partial charge is 0.467 e. The van der Waals surface area contributed by atoms with E-state index in [9.17, 15) is 9.59 Å². The molecular weight excluding hydrogens is 330 g/mol. The van der Waals surface area contributed by atoms with Crippen LogP contribution in [0.4, 0.5) is 4.79 Å². The number of amides is 3. The molecule has 1 aromatic carbocycles. The number of carbonyl (C=O) groups excluding carboxylic acids is 2. The van der Waals surface area contributed by atoms with Crippen molar-refractivity contribution in [1.82, 2.24) is 15.1 Å². The molecule has 0 bridgehead atoms. The summed E-state index contributed by atoms with van der Waals surface area (Å²) in [5.41, 5.74) is 4.57. The molecule has 4 rings (SSSR count). The van der Waals surface area contributed by atoms with Crippen LogP contribution < -0.4 is 5.32 Å². The zero-order chi connectivity index (χ0) is 18.4. The quantitative estimate of drug-likeness (QED) is 0.925. The van der Waals surface area contributed by atoms with Crippen molar-refractivity contribution in [2.45, 2.75) is 26.4 Å². The predicted octanol–water partition coefficient (Wildman–Crippen LogP) is 2.89. The second-order valence-corrected chi connectivity index (χ2v) is 6.90. The van der Waals surface area contributed by atoms with E-state index in [0.29, 0.717) is 18.7 Å². The van der Waals surface area contributed by atoms with Crippen LogP contribution in [0, 0.1) is 13.8 Å². The standard InChI is InChI=1S/C20H21N3O3/c1-12-6-7-15(13(2)9-12)18-17-16(22(3)20(25)21-18)11-23(19(17)24)10-14-5-4-8-26-14/h4-9,18H,10-11H2,1-3H3,(H,21,25). The summed E-state index contributed by atoms with van der Waals surface area (Å²) >= 11 is 0. The first-order valence-electron chi connectivity index (χ1n) is 8.62. The summed E-state index contributed by atoms with van der Waals surface area (Å²) in [6.07, 6.45) is 1.60. The fourth-order valence-electron chi connectivity index (χ4n) is 3.72. The molecule has 1 unspecified atom stereocenters. The zero-order valence-electron chi connectivity index (χ0n) is 15.1. The minimum Gasteiger partial charge on any atom is -0.467 e. The summed E-state index contributed by atoms with van der Waals surface area (Å²) in [5.74, 6) is 0.663. The Morgan fingerprint density at radius 2 is 2.04 bits per heavy atom. The van der Waals surface area contributed by atoms with Gasteiger partial charge in [0.2, 0.25) is 0 Å². The van der Waals surface area contributed by atoms with E-state index in [4.69, 9.17) is 4.42 Å². The first-order valence-corrected chi connectivity index (χ1v) is 8.62. The Morgan fingerprint density at radius 3 is 2.73 bits per heavy atom. The van der Waals surface area contributed by atoms with Gasteiger partial charge in [-0.05, 0) is 37.1 Å². The molecule has 26 heavy (non-hydrogen) atoms. The number of aryl methyl sites for hydroxylation is 2. The lowest BCUT2D eigenvalue weighted by atomic mass is 9.91. The van der Waals surface area contributed by atoms with Crippen LogP contribution in [0.5, 0.6) is 0 Å². The number of carbonyl (C=O) groups is 2. The SMILES string of the molecule is Cc1ccc(C2NC(=O)N(C)C3=C2C(=O)N(Cc2ccco2)C3)c(C)c1. The lowest BCUT2D eigenvalue weighted by Crippen LogP contribution is -2.45. The Kier molecular flexibility index (Phi) is 3.83. The number of urea groups is 1. The van der Waals surface area contributed by atoms with Crippen LogP contribution in [0.2, 0.25) is 0 Å². The van der Waals surface area contributed by atoms with Crippen molar-refractivity contribution in [2.24, 2.45) is 0 Å². The van der Waals surface area contributed by atoms with Gasteiger partial charge in [0.05, 0.1) is 36.7 Å². The second-order valence-electron chi connectivity index (χ2n) is 6.90. The van der Waals surface area contributed by atoms with Crippen LogP contribution in [-0.4, -0.2) is 35.3 Å². The highest BCUT2D eigenvalue weighted by molar-refractivity contribution is 6.01. The molecule has 0 fully saturated rings. The van der Waals surface area contributed by atoms with E-state index in [1.807, 2.05) is 32.0 Å². The number of nitrogens with zero attached hydrogens (tertiary/aromatic N) is 2. The van der Waals surface area contributed by atoms with Crippen molar-refractivity contribution in [3.63, 3.8) is 0 Å². The monoisotopic (exact) mass is 351 g/mol. The summed E-state index contributed by atoms with van der Waals surface area (Å²) in [7, 11) is 1.70. The zero-order valence-corrected chi connectivity index (χ0v) is 15.1. The number of benzene rings is 1. The molecule has 1 N–H and O–H groups in total. The van der Waals surface area contributed by atoms with Crippen molar-refractivity contribution in [3.8, 4) is 0 Å². The second kappa shape index (κ2) is 6.05. The number of hydrogen-bond donors (Lipinski definition) is 1. The van der Waals surface area contributed by atoms with Crippen LogP contribution in [0.3, 0.4) is 0 Å². The van der Waals surface area contributed by atoms with Crippen molar-refractivity contribution in [3.05, 3.63) is 70.3 Å². The molecule has 3 amide bonds. The molecule has 2 aromatic rings. The van der Waals surface area contributed by atoms with Gasteiger partial charge in [-0.2, -0.15) is 0 Å². The molecule has 6 nitrogen and oxygen atoms in total. The van der Waals surface area contributed by atoms with Crippen molar-refractivity contribution >= 4 is 11.9 Å². The summed E-state index contributed by atoms with van der Waals surface area (Å²) in [6.45, 7) is 4.83. The Morgan fingerprint density at radius 1 is 1.23 bits per heavy atom. The Bertz CT molecular complexity index is 914. The highest BCUT2D eigenvalue weighted by atomic mass is 16.3. The van der Waals surface area contributed by atoms with Gasteiger partial charge in [0, 0.05) is 7.05 Å². The Balaban J connectivity index is 1.72. The van der Waals surface area contributed by atoms with Crippen LogP contribution in [-0.2, 0) is 11.3 Å². The molecule has 1 atom stereocenters. The third-order valence-corrected chi connectivity index (χ3v) is 5.10. The number of hydrogen-bond acceptors (Lipinski definition) is 3. The van der Waals surface area contributed by atoms with Gasteiger partial charge in [0.25, 0.3) is 5.91 Å². The molecule has 0 spiro atoms. The Labute approximate surface area is 152 Å². The molecule has 3 heterocycles. The number of rotatable bonds is 3. The van der Waals surface area contributed by atoms with Gasteiger partial charge < -0.3 is 14.6 Å². The summed E-state index contributed by atoms with van der Waals surface area (Å²) < 4.78 is 5.38. The minimum absolute atomic E-state index is 0.0618. The summed E-state index contributed by atoms with van der Waals surface area (Å²) in [5, 5.41) is 2.98. The van der Waals surface area contributed by atoms with Gasteiger partial charge in [-0.1, -0.05) is 23.8 Å². The van der Waals surface area contributed by atoms with E-state index in [0.717, 1.165) is 28.1 Å². The lowest BCUT2D eigenvalue weighted by molar-refractivity contribution is -0.126. The summed E-state index contributed by atoms with van der Waals surface area (Å²) in [6, 6.07) is 9.10. The molecule has 2 aliphatic heterocycles. The van der Waals surface area contributed by atoms with E-state index >= 15 is 0 Å². The normalized spacial score (nSPS) is 19.9. The third kappa shape index (κ3) is 2.58. The van der Waals surface area contributed by atoms with Crippen LogP contribution in [0.15, 0.2) is 52.3 Å². The van der Waals surface area contributed by atoms with Crippen molar-refractivity contribution < 1.29 is 14.0 Å². The van der Waals surface area contributed by atoms with Crippen LogP contribution >= 0.6 is 0 Å². The van der Waals surface area contributed by atoms with E-state index in [1.54, 1.807) is 24.3 Å². The van der Waals surface area contributed by atoms with Crippen molar-refractivity contribution in [1.29, 1.82) is 0 Å². The van der Waals surface area contributed by atoms with Gasteiger partial charge in [0.1, 0.15) is 5.76 Å². The van der Waals surface area contributed by atoms with Gasteiger partial charge in [-0.25, -0.2) is 4.79 Å². The van der Waals surface area contributed by atoms with E-state index < -0.39 is 6.04 Å². The third-order valence-electron chi connectivity index (χ3n) is 5.10. The molecule has 0 radical (unpaired) electrons. The average molecular weight is 351 g/mol. The topological polar surface area (TPSA) is 65.8 Å². The fraction of sp³-hybridized carbons (Fsp3) is 0.300. The van der Waals surface area contributed by atoms with Crippen LogP contribution in [0.25, 0.3) is 0 Å². The highest BCUT2D eigenvalue weighted by Gasteiger charge is 2.43. The maximum absolute atomic E-state index is 13.1. The molecule has 0 aliphatic carbocycles. The molecule has 1 aromatic heterocycles. The summed E-state index contributed by atoms with van der Waals surface area (Å²) in [4.78, 5) is 28.8. The molecule has 134 valence electrons. The number of likely N-dealkylation sites (N-methyl/N-ethyl adjacent to an activating group) is 1. The van der Waals surface area contributed by atoms with Gasteiger partial charge in [-0.3, -0.25) is 9.69 Å². The van der Waals surface area contributed by atoms with Crippen LogP contribution in [0.1, 0.15) is 28.5 Å². The van der Waals surface area contributed by atoms with Gasteiger partial charge >= 0.3 is 6.03 Å². The molecule has 0 saturated heterocycles. The van der Waals surface area contributed by atoms with E-state index in [2.05, 4.69) is 11.4 Å². The molecular formula is C20H21N3O3. The first kappa shape index (κ1) is 16.4. The predicted molar refractivity (Wildman–Crippen MR) is 96.1 cm³/mol. The average Bonchev–Trinajstić information content (AvgIpc) is 3.21. The molecule has 0 saturated carbocycles. The molecule has 2 aliphatic rings. The number of nitrogens with one attached hydrogen (secondary N) is 1. The minimum atomic E-state index is -0.427. The fourth-order valence-corrected chi connectivity index (χ4v) is 3.72. The van der Waals surface area contributed by atoms with Crippen molar-refractivity contribution in [2.75, 3.05) is 13.6 Å². The highest BCUT2D eigenvalue weighted by Crippen LogP contribution is 2.37. The maximum Gasteiger partial charge on any atom is 0.322 e. The molecule has 6 heteroatoms. The number of furan rings is 1.